The van der Waals surface area contributed by atoms with Crippen LogP contribution in [0, 0.1) is 11.6 Å². The van der Waals surface area contributed by atoms with Crippen LogP contribution in [0.15, 0.2) is 18.2 Å². The molecule has 3 N–H and O–H groups in total. The average Bonchev–Trinajstić information content (AvgIpc) is 2.16. The van der Waals surface area contributed by atoms with E-state index in [1.807, 2.05) is 0 Å². The summed E-state index contributed by atoms with van der Waals surface area (Å²) in [6.07, 6.45) is -1.37. The van der Waals surface area contributed by atoms with Gasteiger partial charge in [-0.05, 0) is 13.0 Å². The number of hydrogen-bond acceptors (Lipinski definition) is 3. The first-order valence-corrected chi connectivity index (χ1v) is 4.38. The summed E-state index contributed by atoms with van der Waals surface area (Å²) in [5.74, 6) is -1.80. The molecule has 0 saturated carbocycles. The molecule has 0 fully saturated rings. The van der Waals surface area contributed by atoms with Gasteiger partial charge in [0, 0.05) is 11.6 Å². The Bertz CT molecular complexity index is 355. The van der Waals surface area contributed by atoms with Crippen molar-refractivity contribution < 1.29 is 24.1 Å². The summed E-state index contributed by atoms with van der Waals surface area (Å²) >= 11 is 0. The largest absolute Gasteiger partial charge is 0.393 e. The van der Waals surface area contributed by atoms with Crippen LogP contribution in [0.5, 0.6) is 0 Å². The third-order valence-electron chi connectivity index (χ3n) is 2.33. The Labute approximate surface area is 85.6 Å². The molecule has 15 heavy (non-hydrogen) atoms. The van der Waals surface area contributed by atoms with Crippen molar-refractivity contribution in [2.24, 2.45) is 0 Å². The van der Waals surface area contributed by atoms with Gasteiger partial charge in [-0.3, -0.25) is 0 Å². The molecule has 1 aromatic carbocycles. The summed E-state index contributed by atoms with van der Waals surface area (Å²) in [6, 6.07) is 2.52. The third-order valence-corrected chi connectivity index (χ3v) is 2.33. The SMILES string of the molecule is C[C@@H](O)[C@@](O)(CO)c1ccc(F)cc1F. The average molecular weight is 218 g/mol. The van der Waals surface area contributed by atoms with Crippen LogP contribution in [-0.2, 0) is 5.60 Å². The number of halogens is 2. The molecule has 0 aliphatic heterocycles. The van der Waals surface area contributed by atoms with E-state index in [2.05, 4.69) is 0 Å². The quantitative estimate of drug-likeness (QED) is 0.693. The summed E-state index contributed by atoms with van der Waals surface area (Å²) in [5.41, 5.74) is -2.45. The number of aliphatic hydroxyl groups is 3. The Morgan fingerprint density at radius 2 is 2.00 bits per heavy atom. The maximum atomic E-state index is 13.3. The van der Waals surface area contributed by atoms with Crippen molar-refractivity contribution in [1.82, 2.24) is 0 Å². The molecule has 0 amide bonds. The zero-order chi connectivity index (χ0) is 11.6. The summed E-state index contributed by atoms with van der Waals surface area (Å²) in [5, 5.41) is 28.0. The molecule has 0 radical (unpaired) electrons. The van der Waals surface area contributed by atoms with Gasteiger partial charge < -0.3 is 15.3 Å². The standard InChI is InChI=1S/C10H12F2O3/c1-6(14)10(15,5-13)8-3-2-7(11)4-9(8)12/h2-4,6,13-15H,5H2,1H3/t6-,10+/m1/s1. The lowest BCUT2D eigenvalue weighted by atomic mass is 9.89. The van der Waals surface area contributed by atoms with Gasteiger partial charge in [0.05, 0.1) is 12.7 Å². The van der Waals surface area contributed by atoms with Crippen molar-refractivity contribution in [3.8, 4) is 0 Å². The second-order valence-corrected chi connectivity index (χ2v) is 3.38. The fourth-order valence-electron chi connectivity index (χ4n) is 1.28. The highest BCUT2D eigenvalue weighted by atomic mass is 19.1. The number of hydrogen-bond donors (Lipinski definition) is 3. The Hall–Kier alpha value is -1.04. The lowest BCUT2D eigenvalue weighted by Gasteiger charge is -2.29. The normalized spacial score (nSPS) is 17.2. The summed E-state index contributed by atoms with van der Waals surface area (Å²) < 4.78 is 25.9. The molecule has 2 atom stereocenters. The molecule has 0 spiro atoms. The highest BCUT2D eigenvalue weighted by molar-refractivity contribution is 5.26. The fraction of sp³-hybridized carbons (Fsp3) is 0.400. The molecule has 0 saturated heterocycles. The van der Waals surface area contributed by atoms with Crippen molar-refractivity contribution in [1.29, 1.82) is 0 Å². The number of aliphatic hydroxyl groups excluding tert-OH is 2. The van der Waals surface area contributed by atoms with Gasteiger partial charge in [-0.15, -0.1) is 0 Å². The Kier molecular flexibility index (Phi) is 3.38. The van der Waals surface area contributed by atoms with Crippen LogP contribution in [0.25, 0.3) is 0 Å². The molecular weight excluding hydrogens is 206 g/mol. The van der Waals surface area contributed by atoms with Crippen molar-refractivity contribution in [2.75, 3.05) is 6.61 Å². The minimum absolute atomic E-state index is 0.332. The van der Waals surface area contributed by atoms with Gasteiger partial charge in [0.15, 0.2) is 0 Å². The van der Waals surface area contributed by atoms with E-state index in [0.717, 1.165) is 12.1 Å². The lowest BCUT2D eigenvalue weighted by Crippen LogP contribution is -2.42. The smallest absolute Gasteiger partial charge is 0.141 e. The summed E-state index contributed by atoms with van der Waals surface area (Å²) in [6.45, 7) is 0.353. The van der Waals surface area contributed by atoms with E-state index in [0.29, 0.717) is 6.07 Å². The van der Waals surface area contributed by atoms with Gasteiger partial charge in [0.25, 0.3) is 0 Å². The zero-order valence-electron chi connectivity index (χ0n) is 8.11. The summed E-state index contributed by atoms with van der Waals surface area (Å²) in [7, 11) is 0. The Balaban J connectivity index is 3.24. The van der Waals surface area contributed by atoms with Crippen molar-refractivity contribution in [3.63, 3.8) is 0 Å². The lowest BCUT2D eigenvalue weighted by molar-refractivity contribution is -0.105. The van der Waals surface area contributed by atoms with E-state index < -0.39 is 29.9 Å². The van der Waals surface area contributed by atoms with Crippen LogP contribution in [0.1, 0.15) is 12.5 Å². The fourth-order valence-corrected chi connectivity index (χ4v) is 1.28. The van der Waals surface area contributed by atoms with Gasteiger partial charge >= 0.3 is 0 Å². The summed E-state index contributed by atoms with van der Waals surface area (Å²) in [4.78, 5) is 0. The number of benzene rings is 1. The van der Waals surface area contributed by atoms with E-state index in [-0.39, 0.29) is 5.56 Å². The third kappa shape index (κ3) is 2.14. The Morgan fingerprint density at radius 1 is 1.40 bits per heavy atom. The second-order valence-electron chi connectivity index (χ2n) is 3.38. The second kappa shape index (κ2) is 4.22. The van der Waals surface area contributed by atoms with E-state index in [1.165, 1.54) is 6.92 Å². The van der Waals surface area contributed by atoms with Crippen molar-refractivity contribution in [2.45, 2.75) is 18.6 Å². The molecule has 0 aliphatic carbocycles. The van der Waals surface area contributed by atoms with E-state index in [4.69, 9.17) is 5.11 Å². The molecule has 1 rings (SSSR count). The van der Waals surface area contributed by atoms with E-state index in [9.17, 15) is 19.0 Å². The molecule has 1 aromatic rings. The highest BCUT2D eigenvalue weighted by Gasteiger charge is 2.36. The topological polar surface area (TPSA) is 60.7 Å². The zero-order valence-corrected chi connectivity index (χ0v) is 8.11. The molecule has 0 bridgehead atoms. The highest BCUT2D eigenvalue weighted by Crippen LogP contribution is 2.27. The molecular formula is C10H12F2O3. The van der Waals surface area contributed by atoms with E-state index >= 15 is 0 Å². The van der Waals surface area contributed by atoms with Gasteiger partial charge in [-0.2, -0.15) is 0 Å². The van der Waals surface area contributed by atoms with Crippen molar-refractivity contribution in [3.05, 3.63) is 35.4 Å². The Morgan fingerprint density at radius 3 is 2.40 bits per heavy atom. The van der Waals surface area contributed by atoms with Crippen molar-refractivity contribution >= 4 is 0 Å². The maximum absolute atomic E-state index is 13.3. The molecule has 0 aromatic heterocycles. The van der Waals surface area contributed by atoms with Crippen LogP contribution in [-0.4, -0.2) is 28.0 Å². The molecule has 84 valence electrons. The molecule has 0 unspecified atom stereocenters. The van der Waals surface area contributed by atoms with Crippen LogP contribution < -0.4 is 0 Å². The van der Waals surface area contributed by atoms with Gasteiger partial charge in [0.2, 0.25) is 0 Å². The van der Waals surface area contributed by atoms with Crippen LogP contribution in [0.4, 0.5) is 8.78 Å². The van der Waals surface area contributed by atoms with Gasteiger partial charge in [-0.25, -0.2) is 8.78 Å². The van der Waals surface area contributed by atoms with Crippen LogP contribution in [0.2, 0.25) is 0 Å². The minimum atomic E-state index is -2.11. The molecule has 0 aliphatic rings. The van der Waals surface area contributed by atoms with E-state index in [1.54, 1.807) is 0 Å². The first-order chi connectivity index (χ1) is 6.91. The van der Waals surface area contributed by atoms with Crippen LogP contribution in [0.3, 0.4) is 0 Å². The maximum Gasteiger partial charge on any atom is 0.141 e. The monoisotopic (exact) mass is 218 g/mol. The number of rotatable bonds is 3. The van der Waals surface area contributed by atoms with Gasteiger partial charge in [0.1, 0.15) is 17.2 Å². The molecule has 5 heteroatoms. The van der Waals surface area contributed by atoms with Crippen LogP contribution >= 0.6 is 0 Å². The minimum Gasteiger partial charge on any atom is -0.393 e. The first kappa shape index (κ1) is 12.0. The molecule has 3 nitrogen and oxygen atoms in total. The predicted octanol–water partition coefficient (Wildman–Crippen LogP) is 0.526. The predicted molar refractivity (Wildman–Crippen MR) is 49.0 cm³/mol. The first-order valence-electron chi connectivity index (χ1n) is 4.38. The molecule has 0 heterocycles. The van der Waals surface area contributed by atoms with Gasteiger partial charge in [-0.1, -0.05) is 6.07 Å².